The first-order valence-electron chi connectivity index (χ1n) is 5.85. The van der Waals surface area contributed by atoms with Crippen LogP contribution in [-0.4, -0.2) is 13.1 Å². The third-order valence-electron chi connectivity index (χ3n) is 2.64. The van der Waals surface area contributed by atoms with Gasteiger partial charge in [0.05, 0.1) is 12.7 Å². The van der Waals surface area contributed by atoms with Crippen LogP contribution >= 0.6 is 11.6 Å². The van der Waals surface area contributed by atoms with Crippen molar-refractivity contribution in [1.29, 1.82) is 0 Å². The predicted octanol–water partition coefficient (Wildman–Crippen LogP) is 3.84. The summed E-state index contributed by atoms with van der Waals surface area (Å²) in [5.74, 6) is -0.746. The van der Waals surface area contributed by atoms with Gasteiger partial charge in [0, 0.05) is 5.02 Å². The van der Waals surface area contributed by atoms with Gasteiger partial charge in [0.25, 0.3) is 0 Å². The zero-order valence-electron chi connectivity index (χ0n) is 10.7. The van der Waals surface area contributed by atoms with Crippen molar-refractivity contribution in [3.8, 4) is 5.75 Å². The van der Waals surface area contributed by atoms with Crippen LogP contribution in [0, 0.1) is 5.82 Å². The Balaban J connectivity index is 2.07. The van der Waals surface area contributed by atoms with Crippen molar-refractivity contribution in [2.24, 2.45) is 0 Å². The fourth-order valence-electron chi connectivity index (χ4n) is 1.65. The molecule has 0 amide bonds. The van der Waals surface area contributed by atoms with E-state index in [2.05, 4.69) is 4.74 Å². The van der Waals surface area contributed by atoms with Crippen molar-refractivity contribution in [3.05, 3.63) is 64.4 Å². The quantitative estimate of drug-likeness (QED) is 0.804. The topological polar surface area (TPSA) is 35.5 Å². The van der Waals surface area contributed by atoms with E-state index < -0.39 is 11.8 Å². The maximum absolute atomic E-state index is 13.7. The molecule has 104 valence electrons. The molecule has 0 unspecified atom stereocenters. The van der Waals surface area contributed by atoms with Crippen LogP contribution in [0.4, 0.5) is 4.39 Å². The van der Waals surface area contributed by atoms with E-state index in [1.54, 1.807) is 30.3 Å². The van der Waals surface area contributed by atoms with E-state index in [-0.39, 0.29) is 12.2 Å². The van der Waals surface area contributed by atoms with Crippen molar-refractivity contribution in [1.82, 2.24) is 0 Å². The van der Waals surface area contributed by atoms with E-state index in [4.69, 9.17) is 16.3 Å². The molecule has 0 atom stereocenters. The van der Waals surface area contributed by atoms with Gasteiger partial charge in [-0.05, 0) is 35.9 Å². The predicted molar refractivity (Wildman–Crippen MR) is 73.5 cm³/mol. The summed E-state index contributed by atoms with van der Waals surface area (Å²) >= 11 is 5.83. The zero-order valence-corrected chi connectivity index (χ0v) is 11.5. The van der Waals surface area contributed by atoms with Gasteiger partial charge in [-0.2, -0.15) is 0 Å². The van der Waals surface area contributed by atoms with E-state index in [0.717, 1.165) is 0 Å². The smallest absolute Gasteiger partial charge is 0.340 e. The summed E-state index contributed by atoms with van der Waals surface area (Å²) < 4.78 is 23.7. The molecule has 0 aliphatic carbocycles. The molecular weight excluding hydrogens is 283 g/mol. The van der Waals surface area contributed by atoms with E-state index in [1.807, 2.05) is 0 Å². The van der Waals surface area contributed by atoms with Gasteiger partial charge in [-0.15, -0.1) is 0 Å². The van der Waals surface area contributed by atoms with Gasteiger partial charge in [0.2, 0.25) is 0 Å². The van der Waals surface area contributed by atoms with Crippen LogP contribution in [0.5, 0.6) is 5.75 Å². The second kappa shape index (κ2) is 6.39. The standard InChI is InChI=1S/C15H12ClFO3/c1-19-15(18)13-6-5-10(7-14(13)17)9-20-12-4-2-3-11(16)8-12/h2-8H,9H2,1H3. The number of ether oxygens (including phenoxy) is 2. The van der Waals surface area contributed by atoms with Gasteiger partial charge in [0.15, 0.2) is 0 Å². The number of hydrogen-bond donors (Lipinski definition) is 0. The number of hydrogen-bond acceptors (Lipinski definition) is 3. The Morgan fingerprint density at radius 1 is 1.25 bits per heavy atom. The summed E-state index contributed by atoms with van der Waals surface area (Å²) in [6.07, 6.45) is 0. The lowest BCUT2D eigenvalue weighted by Crippen LogP contribution is -2.05. The summed E-state index contributed by atoms with van der Waals surface area (Å²) in [6, 6.07) is 11.2. The van der Waals surface area contributed by atoms with E-state index in [0.29, 0.717) is 16.3 Å². The number of carbonyl (C=O) groups is 1. The molecule has 20 heavy (non-hydrogen) atoms. The maximum atomic E-state index is 13.7. The highest BCUT2D eigenvalue weighted by molar-refractivity contribution is 6.30. The van der Waals surface area contributed by atoms with Crippen LogP contribution in [0.2, 0.25) is 5.02 Å². The first-order valence-corrected chi connectivity index (χ1v) is 6.23. The number of methoxy groups -OCH3 is 1. The van der Waals surface area contributed by atoms with Crippen LogP contribution in [-0.2, 0) is 11.3 Å². The van der Waals surface area contributed by atoms with Crippen LogP contribution in [0.1, 0.15) is 15.9 Å². The van der Waals surface area contributed by atoms with Crippen molar-refractivity contribution in [2.75, 3.05) is 7.11 Å². The molecule has 0 saturated heterocycles. The number of rotatable bonds is 4. The summed E-state index contributed by atoms with van der Waals surface area (Å²) in [7, 11) is 1.21. The molecule has 3 nitrogen and oxygen atoms in total. The largest absolute Gasteiger partial charge is 0.489 e. The highest BCUT2D eigenvalue weighted by atomic mass is 35.5. The molecule has 0 heterocycles. The zero-order chi connectivity index (χ0) is 14.5. The lowest BCUT2D eigenvalue weighted by Gasteiger charge is -2.08. The van der Waals surface area contributed by atoms with Crippen LogP contribution in [0.3, 0.4) is 0 Å². The normalized spacial score (nSPS) is 10.2. The Labute approximate surface area is 120 Å². The summed E-state index contributed by atoms with van der Waals surface area (Å²) in [5, 5.41) is 0.565. The number of benzene rings is 2. The number of carbonyl (C=O) groups excluding carboxylic acids is 1. The molecule has 0 bridgehead atoms. The SMILES string of the molecule is COC(=O)c1ccc(COc2cccc(Cl)c2)cc1F. The summed E-state index contributed by atoms with van der Waals surface area (Å²) in [4.78, 5) is 11.3. The van der Waals surface area contributed by atoms with Crippen molar-refractivity contribution in [3.63, 3.8) is 0 Å². The lowest BCUT2D eigenvalue weighted by atomic mass is 10.1. The second-order valence-electron chi connectivity index (χ2n) is 4.05. The number of esters is 1. The van der Waals surface area contributed by atoms with Crippen molar-refractivity contribution < 1.29 is 18.7 Å². The van der Waals surface area contributed by atoms with Crippen LogP contribution in [0.25, 0.3) is 0 Å². The molecule has 2 aromatic rings. The van der Waals surface area contributed by atoms with Gasteiger partial charge in [0.1, 0.15) is 18.2 Å². The monoisotopic (exact) mass is 294 g/mol. The van der Waals surface area contributed by atoms with Gasteiger partial charge in [-0.25, -0.2) is 9.18 Å². The molecule has 0 aliphatic rings. The average molecular weight is 295 g/mol. The first kappa shape index (κ1) is 14.3. The molecule has 0 radical (unpaired) electrons. The van der Waals surface area contributed by atoms with E-state index in [1.165, 1.54) is 19.2 Å². The molecule has 2 aromatic carbocycles. The third kappa shape index (κ3) is 3.48. The van der Waals surface area contributed by atoms with E-state index >= 15 is 0 Å². The maximum Gasteiger partial charge on any atom is 0.340 e. The number of halogens is 2. The first-order chi connectivity index (χ1) is 9.60. The summed E-state index contributed by atoms with van der Waals surface area (Å²) in [5.41, 5.74) is 0.508. The van der Waals surface area contributed by atoms with Crippen molar-refractivity contribution >= 4 is 17.6 Å². The Bertz CT molecular complexity index is 628. The minimum Gasteiger partial charge on any atom is -0.489 e. The highest BCUT2D eigenvalue weighted by Crippen LogP contribution is 2.19. The second-order valence-corrected chi connectivity index (χ2v) is 4.49. The van der Waals surface area contributed by atoms with Crippen LogP contribution < -0.4 is 4.74 Å². The lowest BCUT2D eigenvalue weighted by molar-refractivity contribution is 0.0595. The Hall–Kier alpha value is -2.07. The fourth-order valence-corrected chi connectivity index (χ4v) is 1.83. The van der Waals surface area contributed by atoms with Gasteiger partial charge in [-0.3, -0.25) is 0 Å². The van der Waals surface area contributed by atoms with E-state index in [9.17, 15) is 9.18 Å². The molecule has 2 rings (SSSR count). The van der Waals surface area contributed by atoms with Crippen LogP contribution in [0.15, 0.2) is 42.5 Å². The Morgan fingerprint density at radius 3 is 2.70 bits per heavy atom. The molecule has 0 aliphatic heterocycles. The third-order valence-corrected chi connectivity index (χ3v) is 2.88. The molecule has 0 aromatic heterocycles. The Kier molecular flexibility index (Phi) is 4.58. The fraction of sp³-hybridized carbons (Fsp3) is 0.133. The molecule has 5 heteroatoms. The minimum absolute atomic E-state index is 0.0981. The van der Waals surface area contributed by atoms with Gasteiger partial charge < -0.3 is 9.47 Å². The molecular formula is C15H12ClFO3. The highest BCUT2D eigenvalue weighted by Gasteiger charge is 2.12. The summed E-state index contributed by atoms with van der Waals surface area (Å²) in [6.45, 7) is 0.179. The van der Waals surface area contributed by atoms with Gasteiger partial charge in [-0.1, -0.05) is 23.7 Å². The minimum atomic E-state index is -0.704. The Morgan fingerprint density at radius 2 is 2.05 bits per heavy atom. The molecule has 0 N–H and O–H groups in total. The molecule has 0 spiro atoms. The molecule has 0 fully saturated rings. The molecule has 0 saturated carbocycles. The van der Waals surface area contributed by atoms with Gasteiger partial charge >= 0.3 is 5.97 Å². The average Bonchev–Trinajstić information content (AvgIpc) is 2.44. The van der Waals surface area contributed by atoms with Crippen molar-refractivity contribution in [2.45, 2.75) is 6.61 Å².